The number of hydrogen-bond donors (Lipinski definition) is 3. The van der Waals surface area contributed by atoms with Crippen molar-refractivity contribution >= 4 is 29.4 Å². The molecule has 5 atom stereocenters. The first-order valence-electron chi connectivity index (χ1n) is 12.4. The average Bonchev–Trinajstić information content (AvgIpc) is 3.16. The molecule has 36 heavy (non-hydrogen) atoms. The minimum atomic E-state index is -0.789. The van der Waals surface area contributed by atoms with Gasteiger partial charge in [0.2, 0.25) is 17.7 Å². The normalized spacial score (nSPS) is 26.2. The Morgan fingerprint density at radius 3 is 2.78 bits per heavy atom. The summed E-state index contributed by atoms with van der Waals surface area (Å²) in [6.45, 7) is 7.56. The Labute approximate surface area is 209 Å². The topological polar surface area (TPSA) is 114 Å². The summed E-state index contributed by atoms with van der Waals surface area (Å²) >= 11 is 0. The second kappa shape index (κ2) is 10.7. The molecule has 0 aromatic heterocycles. The third-order valence-corrected chi connectivity index (χ3v) is 7.16. The number of urea groups is 1. The Hall–Kier alpha value is -3.47. The smallest absolute Gasteiger partial charge is 0.337 e. The van der Waals surface area contributed by atoms with Gasteiger partial charge in [0, 0.05) is 30.2 Å². The van der Waals surface area contributed by atoms with E-state index in [0.29, 0.717) is 19.3 Å². The second-order valence-corrected chi connectivity index (χ2v) is 9.62. The number of amides is 5. The maximum Gasteiger partial charge on any atom is 0.337 e. The predicted octanol–water partition coefficient (Wildman–Crippen LogP) is 2.02. The number of benzene rings is 1. The van der Waals surface area contributed by atoms with E-state index in [2.05, 4.69) is 22.6 Å². The second-order valence-electron chi connectivity index (χ2n) is 9.62. The lowest BCUT2D eigenvalue weighted by atomic mass is 9.75. The summed E-state index contributed by atoms with van der Waals surface area (Å²) in [4.78, 5) is 55.4. The van der Waals surface area contributed by atoms with Gasteiger partial charge in [0.1, 0.15) is 12.4 Å². The maximum absolute atomic E-state index is 13.5. The van der Waals surface area contributed by atoms with E-state index >= 15 is 0 Å². The first-order chi connectivity index (χ1) is 17.2. The van der Waals surface area contributed by atoms with Crippen molar-refractivity contribution < 1.29 is 23.6 Å². The van der Waals surface area contributed by atoms with Crippen molar-refractivity contribution in [3.8, 4) is 0 Å². The largest absolute Gasteiger partial charge is 0.353 e. The first kappa shape index (κ1) is 25.6. The van der Waals surface area contributed by atoms with Crippen molar-refractivity contribution in [2.24, 2.45) is 11.8 Å². The molecule has 2 saturated heterocycles. The van der Waals surface area contributed by atoms with Crippen molar-refractivity contribution in [2.75, 3.05) is 18.4 Å². The van der Waals surface area contributed by atoms with Gasteiger partial charge in [-0.25, -0.2) is 14.2 Å². The van der Waals surface area contributed by atoms with E-state index < -0.39 is 36.0 Å². The van der Waals surface area contributed by atoms with Crippen LogP contribution < -0.4 is 16.1 Å². The van der Waals surface area contributed by atoms with E-state index in [9.17, 15) is 23.6 Å². The van der Waals surface area contributed by atoms with E-state index in [1.165, 1.54) is 23.1 Å². The summed E-state index contributed by atoms with van der Waals surface area (Å²) in [5.74, 6) is -1.92. The van der Waals surface area contributed by atoms with Crippen molar-refractivity contribution in [2.45, 2.75) is 57.9 Å². The summed E-state index contributed by atoms with van der Waals surface area (Å²) in [7, 11) is 0. The van der Waals surface area contributed by atoms with Gasteiger partial charge in [0.25, 0.3) is 0 Å². The van der Waals surface area contributed by atoms with Crippen LogP contribution in [0.1, 0.15) is 39.5 Å². The minimum Gasteiger partial charge on any atom is -0.353 e. The molecule has 0 spiro atoms. The molecule has 11 heteroatoms. The number of nitrogens with zero attached hydrogens (tertiary/aromatic N) is 3. The molecule has 2 aliphatic heterocycles. The van der Waals surface area contributed by atoms with Crippen LogP contribution in [0.25, 0.3) is 0 Å². The number of carbonyl (C=O) groups excluding carboxylic acids is 4. The van der Waals surface area contributed by atoms with Gasteiger partial charge >= 0.3 is 6.03 Å². The summed E-state index contributed by atoms with van der Waals surface area (Å²) in [5.41, 5.74) is 3.26. The highest BCUT2D eigenvalue weighted by Gasteiger charge is 2.56. The van der Waals surface area contributed by atoms with Gasteiger partial charge in [0.15, 0.2) is 6.29 Å². The Bertz CT molecular complexity index is 1050. The fourth-order valence-electron chi connectivity index (χ4n) is 5.17. The molecule has 0 bridgehead atoms. The number of hydrogen-bond acceptors (Lipinski definition) is 5. The van der Waals surface area contributed by atoms with Gasteiger partial charge in [-0.15, -0.1) is 6.58 Å². The lowest BCUT2D eigenvalue weighted by Crippen LogP contribution is -2.67. The Morgan fingerprint density at radius 1 is 1.31 bits per heavy atom. The number of rotatable bonds is 8. The van der Waals surface area contributed by atoms with Crippen LogP contribution in [-0.4, -0.2) is 70.0 Å². The van der Waals surface area contributed by atoms with E-state index in [0.717, 1.165) is 11.4 Å². The van der Waals surface area contributed by atoms with Gasteiger partial charge in [-0.05, 0) is 50.8 Å². The molecule has 3 N–H and O–H groups in total. The molecule has 5 unspecified atom stereocenters. The summed E-state index contributed by atoms with van der Waals surface area (Å²) in [5, 5.41) is 6.75. The Morgan fingerprint density at radius 2 is 2.08 bits per heavy atom. The molecular weight excluding hydrogens is 467 g/mol. The molecular formula is C25H33FN6O4. The molecule has 1 aromatic rings. The van der Waals surface area contributed by atoms with Crippen LogP contribution in [-0.2, 0) is 14.4 Å². The number of fused-ring (bicyclic) bond motifs is 3. The summed E-state index contributed by atoms with van der Waals surface area (Å²) in [6, 6.07) is 4.59. The molecule has 1 saturated carbocycles. The number of nitrogens with one attached hydrogen (secondary N) is 3. The van der Waals surface area contributed by atoms with Crippen LogP contribution in [0, 0.1) is 17.7 Å². The molecule has 194 valence electrons. The zero-order valence-corrected chi connectivity index (χ0v) is 20.6. The molecule has 1 aliphatic carbocycles. The van der Waals surface area contributed by atoms with Crippen molar-refractivity contribution in [3.05, 3.63) is 42.7 Å². The Balaban J connectivity index is 1.51. The zero-order valence-electron chi connectivity index (χ0n) is 20.6. The van der Waals surface area contributed by atoms with Crippen LogP contribution in [0.2, 0.25) is 0 Å². The highest BCUT2D eigenvalue weighted by molar-refractivity contribution is 5.95. The number of carbonyl (C=O) groups is 4. The van der Waals surface area contributed by atoms with Crippen LogP contribution in [0.4, 0.5) is 14.9 Å². The minimum absolute atomic E-state index is 0.0428. The number of halogens is 1. The lowest BCUT2D eigenvalue weighted by Gasteiger charge is -2.49. The van der Waals surface area contributed by atoms with Crippen LogP contribution in [0.3, 0.4) is 0 Å². The fourth-order valence-corrected chi connectivity index (χ4v) is 5.17. The first-order valence-corrected chi connectivity index (χ1v) is 12.4. The summed E-state index contributed by atoms with van der Waals surface area (Å²) < 4.78 is 13.5. The van der Waals surface area contributed by atoms with Gasteiger partial charge in [0.05, 0.1) is 5.92 Å². The quantitative estimate of drug-likeness (QED) is 0.473. The van der Waals surface area contributed by atoms with Crippen molar-refractivity contribution in [3.63, 3.8) is 0 Å². The van der Waals surface area contributed by atoms with Gasteiger partial charge in [-0.3, -0.25) is 19.3 Å². The van der Waals surface area contributed by atoms with Crippen molar-refractivity contribution in [1.29, 1.82) is 0 Å². The monoisotopic (exact) mass is 500 g/mol. The van der Waals surface area contributed by atoms with Gasteiger partial charge in [-0.2, -0.15) is 5.43 Å². The fraction of sp³-hybridized carbons (Fsp3) is 0.520. The molecule has 1 aromatic carbocycles. The van der Waals surface area contributed by atoms with Gasteiger partial charge < -0.3 is 15.5 Å². The van der Waals surface area contributed by atoms with Crippen molar-refractivity contribution in [1.82, 2.24) is 25.6 Å². The highest BCUT2D eigenvalue weighted by atomic mass is 19.1. The predicted molar refractivity (Wildman–Crippen MR) is 130 cm³/mol. The molecule has 4 rings (SSSR count). The van der Waals surface area contributed by atoms with Crippen LogP contribution >= 0.6 is 0 Å². The standard InChI is InChI=1S/C25H33FN6O4/c1-4-11-30-23(35)19-10-9-16(22(34)27-15(3)5-2)12-20(19)32-24(30)29-31(25(32)36)14-21(33)28-18-8-6-7-17(26)13-18/h4,6-8,13,15-16,19-20,24,29H,1,5,9-12,14H2,2-3H3,(H,27,34)(H,28,33). The SMILES string of the molecule is C=CCN1C(=O)C2CCC(C(=O)NC(C)CC)CC2N2C(=O)N(CC(=O)Nc3cccc(F)c3)NC12. The average molecular weight is 501 g/mol. The molecule has 3 fully saturated rings. The maximum atomic E-state index is 13.5. The van der Waals surface area contributed by atoms with E-state index in [-0.39, 0.29) is 42.6 Å². The number of anilines is 1. The lowest BCUT2D eigenvalue weighted by molar-refractivity contribution is -0.157. The van der Waals surface area contributed by atoms with Crippen LogP contribution in [0.5, 0.6) is 0 Å². The zero-order chi connectivity index (χ0) is 26.0. The van der Waals surface area contributed by atoms with Crippen LogP contribution in [0.15, 0.2) is 36.9 Å². The molecule has 2 heterocycles. The Kier molecular flexibility index (Phi) is 7.58. The third-order valence-electron chi connectivity index (χ3n) is 7.16. The van der Waals surface area contributed by atoms with E-state index in [1.807, 2.05) is 13.8 Å². The summed E-state index contributed by atoms with van der Waals surface area (Å²) in [6.07, 6.45) is 3.04. The van der Waals surface area contributed by atoms with Gasteiger partial charge in [-0.1, -0.05) is 19.1 Å². The molecule has 3 aliphatic rings. The molecule has 5 amide bonds. The molecule has 10 nitrogen and oxygen atoms in total. The third kappa shape index (κ3) is 5.06. The molecule has 0 radical (unpaired) electrons. The van der Waals surface area contributed by atoms with E-state index in [1.54, 1.807) is 17.0 Å². The number of hydrazine groups is 1. The highest BCUT2D eigenvalue weighted by Crippen LogP contribution is 2.40. The van der Waals surface area contributed by atoms with E-state index in [4.69, 9.17) is 0 Å².